The summed E-state index contributed by atoms with van der Waals surface area (Å²) in [5, 5.41) is 13.2. The Labute approximate surface area is 105 Å². The van der Waals surface area contributed by atoms with Crippen LogP contribution in [0.2, 0.25) is 0 Å². The Morgan fingerprint density at radius 2 is 2.12 bits per heavy atom. The number of rotatable bonds is 4. The van der Waals surface area contributed by atoms with E-state index < -0.39 is 0 Å². The third-order valence-corrected chi connectivity index (χ3v) is 3.35. The van der Waals surface area contributed by atoms with Crippen molar-refractivity contribution in [3.63, 3.8) is 0 Å². The van der Waals surface area contributed by atoms with E-state index in [1.165, 1.54) is 11.1 Å². The number of aromatic nitrogens is 2. The lowest BCUT2D eigenvalue weighted by Gasteiger charge is -2.06. The van der Waals surface area contributed by atoms with Crippen molar-refractivity contribution in [2.24, 2.45) is 5.73 Å². The summed E-state index contributed by atoms with van der Waals surface area (Å²) >= 11 is 1.55. The lowest BCUT2D eigenvalue weighted by Crippen LogP contribution is -2.01. The summed E-state index contributed by atoms with van der Waals surface area (Å²) in [5.74, 6) is 0. The molecule has 1 heterocycles. The van der Waals surface area contributed by atoms with Gasteiger partial charge in [-0.25, -0.2) is 0 Å². The smallest absolute Gasteiger partial charge is 0.210 e. The van der Waals surface area contributed by atoms with Gasteiger partial charge in [-0.05, 0) is 32.0 Å². The molecule has 4 nitrogen and oxygen atoms in total. The average Bonchev–Trinajstić information content (AvgIpc) is 2.71. The predicted molar refractivity (Wildman–Crippen MR) is 71.9 cm³/mol. The van der Waals surface area contributed by atoms with Gasteiger partial charge >= 0.3 is 0 Å². The maximum atomic E-state index is 5.48. The van der Waals surface area contributed by atoms with Crippen LogP contribution >= 0.6 is 11.3 Å². The zero-order valence-corrected chi connectivity index (χ0v) is 10.8. The van der Waals surface area contributed by atoms with Gasteiger partial charge in [-0.2, -0.15) is 0 Å². The third-order valence-electron chi connectivity index (χ3n) is 2.45. The minimum absolute atomic E-state index is 0.609. The SMILES string of the molecule is Cc1ccc(Nc2nnc(CCN)s2)c(C)c1. The van der Waals surface area contributed by atoms with E-state index in [0.717, 1.165) is 22.2 Å². The highest BCUT2D eigenvalue weighted by molar-refractivity contribution is 7.15. The van der Waals surface area contributed by atoms with Crippen molar-refractivity contribution in [2.75, 3.05) is 11.9 Å². The maximum Gasteiger partial charge on any atom is 0.210 e. The second kappa shape index (κ2) is 5.25. The highest BCUT2D eigenvalue weighted by atomic mass is 32.1. The number of nitrogens with two attached hydrogens (primary N) is 1. The molecule has 0 amide bonds. The fourth-order valence-electron chi connectivity index (χ4n) is 1.60. The molecule has 0 aliphatic heterocycles. The Bertz CT molecular complexity index is 507. The van der Waals surface area contributed by atoms with Crippen molar-refractivity contribution in [1.82, 2.24) is 10.2 Å². The molecule has 0 spiro atoms. The van der Waals surface area contributed by atoms with E-state index >= 15 is 0 Å². The largest absolute Gasteiger partial charge is 0.330 e. The molecule has 3 N–H and O–H groups in total. The van der Waals surface area contributed by atoms with Crippen molar-refractivity contribution >= 4 is 22.2 Å². The van der Waals surface area contributed by atoms with Crippen LogP contribution in [0.15, 0.2) is 18.2 Å². The molecule has 0 bridgehead atoms. The quantitative estimate of drug-likeness (QED) is 0.872. The lowest BCUT2D eigenvalue weighted by molar-refractivity contribution is 0.913. The normalized spacial score (nSPS) is 10.5. The van der Waals surface area contributed by atoms with E-state index in [2.05, 4.69) is 47.6 Å². The molecule has 0 fully saturated rings. The fourth-order valence-corrected chi connectivity index (χ4v) is 2.37. The van der Waals surface area contributed by atoms with Gasteiger partial charge in [0, 0.05) is 12.1 Å². The minimum Gasteiger partial charge on any atom is -0.330 e. The van der Waals surface area contributed by atoms with Crippen LogP contribution in [0.4, 0.5) is 10.8 Å². The second-order valence-corrected chi connectivity index (χ2v) is 5.05. The molecule has 0 radical (unpaired) electrons. The summed E-state index contributed by atoms with van der Waals surface area (Å²) in [6.45, 7) is 4.77. The first kappa shape index (κ1) is 12.0. The number of anilines is 2. The Kier molecular flexibility index (Phi) is 3.71. The van der Waals surface area contributed by atoms with Gasteiger partial charge in [0.05, 0.1) is 0 Å². The van der Waals surface area contributed by atoms with Crippen LogP contribution in [-0.4, -0.2) is 16.7 Å². The van der Waals surface area contributed by atoms with E-state index in [1.807, 2.05) is 0 Å². The van der Waals surface area contributed by atoms with Gasteiger partial charge in [-0.15, -0.1) is 10.2 Å². The second-order valence-electron chi connectivity index (χ2n) is 3.98. The number of aryl methyl sites for hydroxylation is 2. The Morgan fingerprint density at radius 1 is 1.29 bits per heavy atom. The highest BCUT2D eigenvalue weighted by Gasteiger charge is 2.05. The summed E-state index contributed by atoms with van der Waals surface area (Å²) in [7, 11) is 0. The molecule has 2 aromatic rings. The zero-order valence-electron chi connectivity index (χ0n) is 10.0. The van der Waals surface area contributed by atoms with Crippen molar-refractivity contribution < 1.29 is 0 Å². The number of nitrogens with zero attached hydrogens (tertiary/aromatic N) is 2. The van der Waals surface area contributed by atoms with Crippen LogP contribution in [0.3, 0.4) is 0 Å². The molecular weight excluding hydrogens is 232 g/mol. The molecule has 0 saturated heterocycles. The average molecular weight is 248 g/mol. The van der Waals surface area contributed by atoms with Gasteiger partial charge in [0.25, 0.3) is 0 Å². The topological polar surface area (TPSA) is 63.8 Å². The molecule has 5 heteroatoms. The zero-order chi connectivity index (χ0) is 12.3. The van der Waals surface area contributed by atoms with Gasteiger partial charge < -0.3 is 11.1 Å². The van der Waals surface area contributed by atoms with Crippen molar-refractivity contribution in [3.8, 4) is 0 Å². The maximum absolute atomic E-state index is 5.48. The van der Waals surface area contributed by atoms with Gasteiger partial charge in [-0.1, -0.05) is 29.0 Å². The summed E-state index contributed by atoms with van der Waals surface area (Å²) < 4.78 is 0. The van der Waals surface area contributed by atoms with E-state index in [0.29, 0.717) is 6.54 Å². The molecule has 1 aromatic carbocycles. The molecular formula is C12H16N4S. The first-order valence-electron chi connectivity index (χ1n) is 5.56. The monoisotopic (exact) mass is 248 g/mol. The lowest BCUT2D eigenvalue weighted by atomic mass is 10.1. The first-order valence-corrected chi connectivity index (χ1v) is 6.37. The van der Waals surface area contributed by atoms with Gasteiger partial charge in [0.2, 0.25) is 5.13 Å². The molecule has 17 heavy (non-hydrogen) atoms. The van der Waals surface area contributed by atoms with Crippen molar-refractivity contribution in [3.05, 3.63) is 34.3 Å². The van der Waals surface area contributed by atoms with Crippen LogP contribution in [0, 0.1) is 13.8 Å². The molecule has 90 valence electrons. The van der Waals surface area contributed by atoms with Crippen molar-refractivity contribution in [1.29, 1.82) is 0 Å². The molecule has 2 rings (SSSR count). The van der Waals surface area contributed by atoms with Gasteiger partial charge in [0.15, 0.2) is 0 Å². The number of hydrogen-bond acceptors (Lipinski definition) is 5. The Balaban J connectivity index is 2.13. The van der Waals surface area contributed by atoms with Gasteiger partial charge in [-0.3, -0.25) is 0 Å². The van der Waals surface area contributed by atoms with Gasteiger partial charge in [0.1, 0.15) is 5.01 Å². The number of benzene rings is 1. The Morgan fingerprint density at radius 3 is 2.82 bits per heavy atom. The molecule has 0 aliphatic rings. The van der Waals surface area contributed by atoms with E-state index in [1.54, 1.807) is 11.3 Å². The summed E-state index contributed by atoms with van der Waals surface area (Å²) in [6.07, 6.45) is 0.784. The van der Waals surface area contributed by atoms with Crippen LogP contribution in [-0.2, 0) is 6.42 Å². The molecule has 0 saturated carbocycles. The number of nitrogens with one attached hydrogen (secondary N) is 1. The standard InChI is InChI=1S/C12H16N4S/c1-8-3-4-10(9(2)7-8)14-12-16-15-11(17-12)5-6-13/h3-4,7H,5-6,13H2,1-2H3,(H,14,16). The predicted octanol–water partition coefficient (Wildman–Crippen LogP) is 2.40. The summed E-state index contributed by atoms with van der Waals surface area (Å²) in [4.78, 5) is 0. The third kappa shape index (κ3) is 3.01. The molecule has 0 atom stereocenters. The Hall–Kier alpha value is -1.46. The van der Waals surface area contributed by atoms with Crippen molar-refractivity contribution in [2.45, 2.75) is 20.3 Å². The molecule has 1 aromatic heterocycles. The minimum atomic E-state index is 0.609. The van der Waals surface area contributed by atoms with Crippen LogP contribution in [0.1, 0.15) is 16.1 Å². The summed E-state index contributed by atoms with van der Waals surface area (Å²) in [5.41, 5.74) is 9.02. The molecule has 0 unspecified atom stereocenters. The van der Waals surface area contributed by atoms with E-state index in [-0.39, 0.29) is 0 Å². The van der Waals surface area contributed by atoms with Crippen LogP contribution in [0.25, 0.3) is 0 Å². The van der Waals surface area contributed by atoms with Crippen LogP contribution in [0.5, 0.6) is 0 Å². The molecule has 0 aliphatic carbocycles. The van der Waals surface area contributed by atoms with E-state index in [9.17, 15) is 0 Å². The fraction of sp³-hybridized carbons (Fsp3) is 0.333. The summed E-state index contributed by atoms with van der Waals surface area (Å²) in [6, 6.07) is 6.29. The number of hydrogen-bond donors (Lipinski definition) is 2. The van der Waals surface area contributed by atoms with Crippen LogP contribution < -0.4 is 11.1 Å². The first-order chi connectivity index (χ1) is 8.19. The highest BCUT2D eigenvalue weighted by Crippen LogP contribution is 2.23. The van der Waals surface area contributed by atoms with E-state index in [4.69, 9.17) is 5.73 Å².